The molecule has 1 aromatic carbocycles. The minimum Gasteiger partial charge on any atom is -0.497 e. The van der Waals surface area contributed by atoms with Gasteiger partial charge in [-0.3, -0.25) is 9.36 Å². The van der Waals surface area contributed by atoms with Gasteiger partial charge in [0.25, 0.3) is 0 Å². The maximum absolute atomic E-state index is 13.8. The second-order valence-electron chi connectivity index (χ2n) is 10.3. The van der Waals surface area contributed by atoms with E-state index in [9.17, 15) is 9.36 Å². The van der Waals surface area contributed by atoms with E-state index in [0.29, 0.717) is 19.4 Å². The Morgan fingerprint density at radius 1 is 0.947 bits per heavy atom. The van der Waals surface area contributed by atoms with Crippen molar-refractivity contribution in [2.75, 3.05) is 20.3 Å². The van der Waals surface area contributed by atoms with Gasteiger partial charge in [0.2, 0.25) is 5.91 Å². The Morgan fingerprint density at radius 2 is 1.55 bits per heavy atom. The fourth-order valence-electron chi connectivity index (χ4n) is 4.78. The van der Waals surface area contributed by atoms with Crippen LogP contribution in [0.1, 0.15) is 85.6 Å². The lowest BCUT2D eigenvalue weighted by Crippen LogP contribution is -2.49. The molecule has 1 saturated heterocycles. The first-order valence-corrected chi connectivity index (χ1v) is 15.5. The third-order valence-corrected chi connectivity index (χ3v) is 9.29. The van der Waals surface area contributed by atoms with Crippen LogP contribution in [0, 0.1) is 0 Å². The highest BCUT2D eigenvalue weighted by atomic mass is 31.2. The van der Waals surface area contributed by atoms with E-state index in [4.69, 9.17) is 13.8 Å². The smallest absolute Gasteiger partial charge is 0.343 e. The molecule has 212 valence electrons. The topological polar surface area (TPSA) is 65.1 Å². The van der Waals surface area contributed by atoms with E-state index in [0.717, 1.165) is 37.0 Å². The first-order chi connectivity index (χ1) is 18.1. The summed E-state index contributed by atoms with van der Waals surface area (Å²) in [6.45, 7) is 13.1. The van der Waals surface area contributed by atoms with Crippen LogP contribution >= 0.6 is 7.60 Å². The average molecular weight is 546 g/mol. The van der Waals surface area contributed by atoms with Gasteiger partial charge in [-0.1, -0.05) is 47.1 Å². The maximum Gasteiger partial charge on any atom is 0.343 e. The number of carbonyl (C=O) groups excluding carboxylic acids is 1. The number of amides is 1. The van der Waals surface area contributed by atoms with Crippen LogP contribution in [0.5, 0.6) is 5.75 Å². The zero-order valence-corrected chi connectivity index (χ0v) is 25.4. The molecule has 1 amide bonds. The number of nitrogens with zero attached hydrogens (tertiary/aromatic N) is 1. The number of methoxy groups -OCH3 is 1. The second kappa shape index (κ2) is 16.1. The van der Waals surface area contributed by atoms with Crippen molar-refractivity contribution in [3.05, 3.63) is 64.8 Å². The number of ether oxygens (including phenoxy) is 1. The van der Waals surface area contributed by atoms with Crippen molar-refractivity contribution in [1.29, 1.82) is 0 Å². The van der Waals surface area contributed by atoms with Gasteiger partial charge in [-0.2, -0.15) is 0 Å². The first kappa shape index (κ1) is 32.1. The largest absolute Gasteiger partial charge is 0.497 e. The van der Waals surface area contributed by atoms with Crippen LogP contribution in [0.25, 0.3) is 0 Å². The van der Waals surface area contributed by atoms with E-state index >= 15 is 0 Å². The molecule has 2 atom stereocenters. The van der Waals surface area contributed by atoms with E-state index in [-0.39, 0.29) is 25.2 Å². The number of likely N-dealkylation sites (tertiary alicyclic amines) is 1. The predicted molar refractivity (Wildman–Crippen MR) is 157 cm³/mol. The van der Waals surface area contributed by atoms with E-state index in [1.54, 1.807) is 21.0 Å². The number of rotatable bonds is 15. The fraction of sp³-hybridized carbons (Fsp3) is 0.581. The molecule has 6 nitrogen and oxygen atoms in total. The molecule has 0 N–H and O–H groups in total. The van der Waals surface area contributed by atoms with Gasteiger partial charge >= 0.3 is 7.60 Å². The van der Waals surface area contributed by atoms with Gasteiger partial charge in [0.15, 0.2) is 0 Å². The highest BCUT2D eigenvalue weighted by Gasteiger charge is 2.47. The molecule has 1 aliphatic rings. The molecule has 7 heteroatoms. The van der Waals surface area contributed by atoms with E-state index in [2.05, 4.69) is 45.9 Å². The quantitative estimate of drug-likeness (QED) is 0.164. The Hall–Kier alpha value is -2.14. The van der Waals surface area contributed by atoms with Crippen molar-refractivity contribution in [3.63, 3.8) is 0 Å². The van der Waals surface area contributed by atoms with Crippen molar-refractivity contribution in [1.82, 2.24) is 4.90 Å². The second-order valence-corrected chi connectivity index (χ2v) is 12.5. The molecule has 2 rings (SSSR count). The van der Waals surface area contributed by atoms with Crippen molar-refractivity contribution < 1.29 is 23.1 Å². The normalized spacial score (nSPS) is 19.0. The molecule has 0 aliphatic carbocycles. The molecule has 1 aliphatic heterocycles. The summed E-state index contributed by atoms with van der Waals surface area (Å²) in [6.07, 6.45) is 12.1. The summed E-state index contributed by atoms with van der Waals surface area (Å²) in [7, 11) is -1.92. The van der Waals surface area contributed by atoms with Gasteiger partial charge in [0.05, 0.1) is 26.4 Å². The number of benzene rings is 1. The monoisotopic (exact) mass is 545 g/mol. The molecule has 38 heavy (non-hydrogen) atoms. The molecule has 0 spiro atoms. The third kappa shape index (κ3) is 9.87. The van der Waals surface area contributed by atoms with E-state index < -0.39 is 13.3 Å². The predicted octanol–water partition coefficient (Wildman–Crippen LogP) is 8.24. The van der Waals surface area contributed by atoms with Gasteiger partial charge in [0, 0.05) is 6.54 Å². The van der Waals surface area contributed by atoms with E-state index in [1.807, 2.05) is 29.2 Å². The summed E-state index contributed by atoms with van der Waals surface area (Å²) in [5, 5.41) is 0. The summed E-state index contributed by atoms with van der Waals surface area (Å²) in [6, 6.07) is 7.66. The van der Waals surface area contributed by atoms with E-state index in [1.165, 1.54) is 16.7 Å². The van der Waals surface area contributed by atoms with Crippen LogP contribution in [0.3, 0.4) is 0 Å². The molecule has 1 fully saturated rings. The van der Waals surface area contributed by atoms with Crippen LogP contribution in [0.15, 0.2) is 59.2 Å². The molecular weight excluding hydrogens is 497 g/mol. The maximum atomic E-state index is 13.8. The summed E-state index contributed by atoms with van der Waals surface area (Å²) in [4.78, 5) is 15.7. The molecule has 0 aromatic heterocycles. The Bertz CT molecular complexity index is 1010. The lowest BCUT2D eigenvalue weighted by Gasteiger charge is -2.40. The zero-order chi connectivity index (χ0) is 28.1. The van der Waals surface area contributed by atoms with Crippen molar-refractivity contribution in [3.8, 4) is 5.75 Å². The number of carbonyl (C=O) groups is 1. The Kier molecular flexibility index (Phi) is 13.6. The molecule has 0 radical (unpaired) electrons. The van der Waals surface area contributed by atoms with Crippen LogP contribution < -0.4 is 4.74 Å². The van der Waals surface area contributed by atoms with Crippen LogP contribution in [-0.2, 0) is 25.0 Å². The van der Waals surface area contributed by atoms with Gasteiger partial charge < -0.3 is 18.7 Å². The third-order valence-electron chi connectivity index (χ3n) is 6.82. The molecule has 1 aromatic rings. The van der Waals surface area contributed by atoms with Gasteiger partial charge in [-0.05, 0) is 97.8 Å². The first-order valence-electron chi connectivity index (χ1n) is 13.9. The summed E-state index contributed by atoms with van der Waals surface area (Å²) >= 11 is 0. The molecule has 0 bridgehead atoms. The summed E-state index contributed by atoms with van der Waals surface area (Å²) in [5.74, 6) is 0.603. The van der Waals surface area contributed by atoms with Crippen molar-refractivity contribution in [2.45, 2.75) is 98.3 Å². The average Bonchev–Trinajstić information content (AvgIpc) is 2.86. The Balaban J connectivity index is 2.21. The SMILES string of the molecule is CCOP(=O)(OCC)C1CCC(/C=C(\C)CC/C=C(\C)CCC=C(C)C)N(Cc2ccc(OC)cc2)C1=O. The Labute approximate surface area is 230 Å². The lowest BCUT2D eigenvalue weighted by molar-refractivity contribution is -0.135. The summed E-state index contributed by atoms with van der Waals surface area (Å²) in [5.41, 5.74) is 4.24. The Morgan fingerprint density at radius 3 is 2.13 bits per heavy atom. The van der Waals surface area contributed by atoms with Crippen molar-refractivity contribution in [2.24, 2.45) is 0 Å². The number of allylic oxidation sites excluding steroid dienone is 5. The lowest BCUT2D eigenvalue weighted by atomic mass is 9.96. The van der Waals surface area contributed by atoms with Crippen LogP contribution in [0.2, 0.25) is 0 Å². The standard InChI is InChI=1S/C31H48NO5P/c1-8-36-38(34,37-9-2)30-21-18-28(22-26(6)15-11-14-25(5)13-10-12-24(3)4)32(31(30)33)23-27-16-19-29(35-7)20-17-27/h12,14,16-17,19-20,22,28,30H,8-11,13,15,18,21,23H2,1-7H3/b25-14+,26-22+. The van der Waals surface area contributed by atoms with Gasteiger partial charge in [-0.15, -0.1) is 0 Å². The van der Waals surface area contributed by atoms with Gasteiger partial charge in [0.1, 0.15) is 11.4 Å². The molecule has 1 heterocycles. The molecule has 0 saturated carbocycles. The number of hydrogen-bond acceptors (Lipinski definition) is 5. The number of hydrogen-bond donors (Lipinski definition) is 0. The van der Waals surface area contributed by atoms with Crippen molar-refractivity contribution >= 4 is 13.5 Å². The summed E-state index contributed by atoms with van der Waals surface area (Å²) < 4.78 is 30.0. The minimum atomic E-state index is -3.55. The fourth-order valence-corrected chi connectivity index (χ4v) is 6.82. The van der Waals surface area contributed by atoms with Crippen LogP contribution in [0.4, 0.5) is 0 Å². The number of piperidine rings is 1. The van der Waals surface area contributed by atoms with Gasteiger partial charge in [-0.25, -0.2) is 0 Å². The zero-order valence-electron chi connectivity index (χ0n) is 24.5. The van der Waals surface area contributed by atoms with Crippen LogP contribution in [-0.4, -0.2) is 42.8 Å². The molecule has 2 unspecified atom stereocenters. The molecular formula is C31H48NO5P. The minimum absolute atomic E-state index is 0.0692. The highest BCUT2D eigenvalue weighted by molar-refractivity contribution is 7.55. The highest BCUT2D eigenvalue weighted by Crippen LogP contribution is 2.56.